The first-order valence-corrected chi connectivity index (χ1v) is 10.4. The van der Waals surface area contributed by atoms with Crippen molar-refractivity contribution in [1.82, 2.24) is 14.9 Å². The number of halogens is 2. The predicted molar refractivity (Wildman–Crippen MR) is 118 cm³/mol. The second kappa shape index (κ2) is 8.61. The number of nitrogen functional groups attached to an aromatic ring is 2. The van der Waals surface area contributed by atoms with E-state index < -0.39 is 0 Å². The van der Waals surface area contributed by atoms with Crippen molar-refractivity contribution in [2.24, 2.45) is 5.92 Å². The van der Waals surface area contributed by atoms with E-state index in [2.05, 4.69) is 14.9 Å². The van der Waals surface area contributed by atoms with Gasteiger partial charge in [0.2, 0.25) is 5.95 Å². The monoisotopic (exact) mass is 431 g/mol. The van der Waals surface area contributed by atoms with Crippen molar-refractivity contribution in [3.8, 4) is 5.75 Å². The van der Waals surface area contributed by atoms with Gasteiger partial charge in [0.05, 0.1) is 27.6 Å². The predicted octanol–water partition coefficient (Wildman–Crippen LogP) is 4.39. The van der Waals surface area contributed by atoms with Crippen LogP contribution in [0.25, 0.3) is 10.9 Å². The molecule has 8 heteroatoms. The van der Waals surface area contributed by atoms with Gasteiger partial charge in [-0.25, -0.2) is 4.98 Å². The highest BCUT2D eigenvalue weighted by Gasteiger charge is 2.21. The largest absolute Gasteiger partial charge is 0.492 e. The quantitative estimate of drug-likeness (QED) is 0.622. The van der Waals surface area contributed by atoms with E-state index in [0.717, 1.165) is 43.4 Å². The number of nitrogens with zero attached hydrogens (tertiary/aromatic N) is 3. The molecule has 2 aromatic carbocycles. The normalized spacial score (nSPS) is 15.7. The summed E-state index contributed by atoms with van der Waals surface area (Å²) in [5, 5.41) is 1.97. The topological polar surface area (TPSA) is 90.3 Å². The van der Waals surface area contributed by atoms with Gasteiger partial charge in [0, 0.05) is 6.54 Å². The molecule has 0 bridgehead atoms. The fraction of sp³-hybridized carbons (Fsp3) is 0.333. The number of aromatic nitrogens is 2. The number of anilines is 2. The van der Waals surface area contributed by atoms with Gasteiger partial charge in [0.1, 0.15) is 11.6 Å². The molecule has 0 unspecified atom stereocenters. The minimum absolute atomic E-state index is 0.166. The third-order valence-electron chi connectivity index (χ3n) is 5.34. The highest BCUT2D eigenvalue weighted by molar-refractivity contribution is 6.42. The van der Waals surface area contributed by atoms with Crippen LogP contribution in [0.1, 0.15) is 18.4 Å². The molecule has 1 fully saturated rings. The molecule has 2 heterocycles. The van der Waals surface area contributed by atoms with Gasteiger partial charge in [-0.05, 0) is 55.6 Å². The summed E-state index contributed by atoms with van der Waals surface area (Å²) in [4.78, 5) is 10.7. The summed E-state index contributed by atoms with van der Waals surface area (Å²) < 4.78 is 6.11. The average Bonchev–Trinajstić information content (AvgIpc) is 2.70. The molecule has 0 amide bonds. The van der Waals surface area contributed by atoms with Crippen molar-refractivity contribution in [2.45, 2.75) is 19.4 Å². The Morgan fingerprint density at radius 2 is 1.79 bits per heavy atom. The van der Waals surface area contributed by atoms with Crippen molar-refractivity contribution in [1.29, 1.82) is 0 Å². The van der Waals surface area contributed by atoms with Crippen molar-refractivity contribution >= 4 is 45.9 Å². The zero-order valence-electron chi connectivity index (χ0n) is 15.9. The lowest BCUT2D eigenvalue weighted by atomic mass is 9.97. The van der Waals surface area contributed by atoms with E-state index in [1.165, 1.54) is 0 Å². The van der Waals surface area contributed by atoms with Crippen molar-refractivity contribution < 1.29 is 4.74 Å². The Labute approximate surface area is 179 Å². The highest BCUT2D eigenvalue weighted by atomic mass is 35.5. The van der Waals surface area contributed by atoms with Gasteiger partial charge in [-0.3, -0.25) is 4.90 Å². The smallest absolute Gasteiger partial charge is 0.222 e. The molecule has 3 aromatic rings. The minimum Gasteiger partial charge on any atom is -0.492 e. The molecule has 0 radical (unpaired) electrons. The number of hydrogen-bond acceptors (Lipinski definition) is 6. The van der Waals surface area contributed by atoms with Crippen LogP contribution in [-0.4, -0.2) is 34.6 Å². The Morgan fingerprint density at radius 3 is 2.59 bits per heavy atom. The van der Waals surface area contributed by atoms with Crippen molar-refractivity contribution in [2.75, 3.05) is 31.2 Å². The summed E-state index contributed by atoms with van der Waals surface area (Å²) in [6.45, 7) is 3.43. The van der Waals surface area contributed by atoms with E-state index in [1.807, 2.05) is 36.4 Å². The maximum Gasteiger partial charge on any atom is 0.222 e. The maximum atomic E-state index is 6.32. The Kier molecular flexibility index (Phi) is 5.94. The summed E-state index contributed by atoms with van der Waals surface area (Å²) in [6, 6.07) is 11.4. The van der Waals surface area contributed by atoms with Gasteiger partial charge in [0.25, 0.3) is 0 Å². The van der Waals surface area contributed by atoms with Crippen LogP contribution in [0, 0.1) is 5.92 Å². The summed E-state index contributed by atoms with van der Waals surface area (Å²) in [5.74, 6) is 1.69. The zero-order valence-corrected chi connectivity index (χ0v) is 17.5. The molecule has 4 rings (SSSR count). The van der Waals surface area contributed by atoms with E-state index in [9.17, 15) is 0 Å². The zero-order chi connectivity index (χ0) is 20.4. The molecule has 1 saturated heterocycles. The number of ether oxygens (including phenoxy) is 1. The van der Waals surface area contributed by atoms with Crippen LogP contribution < -0.4 is 16.2 Å². The Bertz CT molecular complexity index is 1020. The van der Waals surface area contributed by atoms with Crippen molar-refractivity contribution in [3.63, 3.8) is 0 Å². The second-order valence-electron chi connectivity index (χ2n) is 7.36. The Hall–Kier alpha value is -2.28. The third-order valence-corrected chi connectivity index (χ3v) is 6.20. The van der Waals surface area contributed by atoms with Gasteiger partial charge in [-0.15, -0.1) is 0 Å². The van der Waals surface area contributed by atoms with Crippen LogP contribution in [0.4, 0.5) is 11.8 Å². The number of fused-ring (bicyclic) bond motifs is 1. The van der Waals surface area contributed by atoms with E-state index in [4.69, 9.17) is 39.4 Å². The van der Waals surface area contributed by atoms with E-state index >= 15 is 0 Å². The van der Waals surface area contributed by atoms with E-state index in [-0.39, 0.29) is 5.95 Å². The molecule has 1 aromatic heterocycles. The maximum absolute atomic E-state index is 6.32. The first-order valence-electron chi connectivity index (χ1n) is 9.61. The van der Waals surface area contributed by atoms with Crippen LogP contribution in [0.5, 0.6) is 5.75 Å². The van der Waals surface area contributed by atoms with Gasteiger partial charge in [-0.2, -0.15) is 4.98 Å². The summed E-state index contributed by atoms with van der Waals surface area (Å²) in [5.41, 5.74) is 13.5. The average molecular weight is 432 g/mol. The van der Waals surface area contributed by atoms with E-state index in [1.54, 1.807) is 0 Å². The molecule has 0 aliphatic carbocycles. The molecular formula is C21H23Cl2N5O. The first-order chi connectivity index (χ1) is 14.0. The number of likely N-dealkylation sites (tertiary alicyclic amines) is 1. The fourth-order valence-corrected chi connectivity index (χ4v) is 4.13. The molecule has 4 N–H and O–H groups in total. The molecule has 0 spiro atoms. The van der Waals surface area contributed by atoms with Gasteiger partial charge >= 0.3 is 0 Å². The molecular weight excluding hydrogens is 409 g/mol. The second-order valence-corrected chi connectivity index (χ2v) is 8.15. The Morgan fingerprint density at radius 1 is 1.03 bits per heavy atom. The van der Waals surface area contributed by atoms with Crippen LogP contribution in [0.2, 0.25) is 10.0 Å². The fourth-order valence-electron chi connectivity index (χ4n) is 3.75. The van der Waals surface area contributed by atoms with Gasteiger partial charge in [-0.1, -0.05) is 41.4 Å². The van der Waals surface area contributed by atoms with Crippen LogP contribution >= 0.6 is 23.2 Å². The number of piperidine rings is 1. The standard InChI is InChI=1S/C21H23Cl2N5O/c22-15-4-1-3-14(19(15)23)11-28-9-7-13(8-10-28)12-29-17-6-2-5-16-18(17)20(24)27-21(25)26-16/h1-6,13H,7-12H2,(H4,24,25,26,27). The number of rotatable bonds is 5. The first kappa shape index (κ1) is 20.0. The van der Waals surface area contributed by atoms with Gasteiger partial charge < -0.3 is 16.2 Å². The molecule has 152 valence electrons. The minimum atomic E-state index is 0.166. The summed E-state index contributed by atoms with van der Waals surface area (Å²) in [6.07, 6.45) is 2.11. The lowest BCUT2D eigenvalue weighted by molar-refractivity contribution is 0.137. The SMILES string of the molecule is Nc1nc(N)c2c(OCC3CCN(Cc4cccc(Cl)c4Cl)CC3)cccc2n1. The number of benzene rings is 2. The molecule has 0 atom stereocenters. The highest BCUT2D eigenvalue weighted by Crippen LogP contribution is 2.31. The van der Waals surface area contributed by atoms with E-state index in [0.29, 0.717) is 39.7 Å². The van der Waals surface area contributed by atoms with Gasteiger partial charge in [0.15, 0.2) is 0 Å². The van der Waals surface area contributed by atoms with Crippen molar-refractivity contribution in [3.05, 3.63) is 52.0 Å². The molecule has 6 nitrogen and oxygen atoms in total. The lowest BCUT2D eigenvalue weighted by Crippen LogP contribution is -2.35. The summed E-state index contributed by atoms with van der Waals surface area (Å²) >= 11 is 12.4. The number of hydrogen-bond donors (Lipinski definition) is 2. The van der Waals surface area contributed by atoms with Crippen LogP contribution in [0.3, 0.4) is 0 Å². The molecule has 1 aliphatic heterocycles. The third kappa shape index (κ3) is 4.50. The molecule has 0 saturated carbocycles. The number of nitrogens with two attached hydrogens (primary N) is 2. The molecule has 1 aliphatic rings. The lowest BCUT2D eigenvalue weighted by Gasteiger charge is -2.32. The Balaban J connectivity index is 1.35. The molecule has 29 heavy (non-hydrogen) atoms. The van der Waals surface area contributed by atoms with Crippen LogP contribution in [-0.2, 0) is 6.54 Å². The van der Waals surface area contributed by atoms with Crippen LogP contribution in [0.15, 0.2) is 36.4 Å². The summed E-state index contributed by atoms with van der Waals surface area (Å²) in [7, 11) is 0.